The number of phenolic OH excluding ortho intramolecular Hbond substituents is 1. The summed E-state index contributed by atoms with van der Waals surface area (Å²) in [5.41, 5.74) is 1.92. The highest BCUT2D eigenvalue weighted by atomic mass is 16.3. The molecule has 1 heterocycles. The SMILES string of the molecule is Bc1c(O)ccc2nc(C#N)ccc12. The van der Waals surface area contributed by atoms with E-state index in [-0.39, 0.29) is 5.75 Å². The van der Waals surface area contributed by atoms with Gasteiger partial charge >= 0.3 is 0 Å². The lowest BCUT2D eigenvalue weighted by atomic mass is 9.90. The summed E-state index contributed by atoms with van der Waals surface area (Å²) in [6.45, 7) is 0. The van der Waals surface area contributed by atoms with Gasteiger partial charge in [-0.1, -0.05) is 6.07 Å². The first-order valence-electron chi connectivity index (χ1n) is 4.22. The van der Waals surface area contributed by atoms with E-state index < -0.39 is 0 Å². The van der Waals surface area contributed by atoms with Gasteiger partial charge in [-0.2, -0.15) is 5.26 Å². The van der Waals surface area contributed by atoms with E-state index in [1.807, 2.05) is 13.9 Å². The third kappa shape index (κ3) is 1.19. The monoisotopic (exact) mass is 182 g/mol. The number of nitrogens with zero attached hydrogens (tertiary/aromatic N) is 2. The van der Waals surface area contributed by atoms with Crippen LogP contribution < -0.4 is 5.46 Å². The van der Waals surface area contributed by atoms with Gasteiger partial charge in [0.05, 0.1) is 5.52 Å². The van der Waals surface area contributed by atoms with Crippen molar-refractivity contribution in [2.75, 3.05) is 0 Å². The Labute approximate surface area is 82.0 Å². The smallest absolute Gasteiger partial charge is 0.145 e. The van der Waals surface area contributed by atoms with Crippen molar-refractivity contribution in [3.8, 4) is 11.8 Å². The van der Waals surface area contributed by atoms with E-state index in [4.69, 9.17) is 5.26 Å². The van der Waals surface area contributed by atoms with Gasteiger partial charge in [0.2, 0.25) is 0 Å². The molecule has 1 aromatic heterocycles. The molecule has 0 unspecified atom stereocenters. The third-order valence-corrected chi connectivity index (χ3v) is 2.23. The minimum absolute atomic E-state index is 0.254. The third-order valence-electron chi connectivity index (χ3n) is 2.23. The molecule has 66 valence electrons. The summed E-state index contributed by atoms with van der Waals surface area (Å²) >= 11 is 0. The first kappa shape index (κ1) is 8.58. The van der Waals surface area contributed by atoms with Gasteiger partial charge in [0.25, 0.3) is 0 Å². The molecule has 0 saturated heterocycles. The molecule has 2 rings (SSSR count). The summed E-state index contributed by atoms with van der Waals surface area (Å²) in [5.74, 6) is 0.254. The second kappa shape index (κ2) is 3.04. The first-order valence-corrected chi connectivity index (χ1v) is 4.22. The average Bonchev–Trinajstić information content (AvgIpc) is 2.23. The van der Waals surface area contributed by atoms with Crippen molar-refractivity contribution < 1.29 is 5.11 Å². The van der Waals surface area contributed by atoms with Crippen LogP contribution in [0.2, 0.25) is 0 Å². The van der Waals surface area contributed by atoms with Crippen LogP contribution in [0.4, 0.5) is 0 Å². The van der Waals surface area contributed by atoms with Crippen LogP contribution in [0.25, 0.3) is 10.9 Å². The lowest BCUT2D eigenvalue weighted by Crippen LogP contribution is -2.05. The summed E-state index contributed by atoms with van der Waals surface area (Å²) in [6.07, 6.45) is 0. The summed E-state index contributed by atoms with van der Waals surface area (Å²) in [4.78, 5) is 4.12. The van der Waals surface area contributed by atoms with Crippen LogP contribution in [0.15, 0.2) is 24.3 Å². The van der Waals surface area contributed by atoms with Crippen LogP contribution in [0.1, 0.15) is 5.69 Å². The van der Waals surface area contributed by atoms with Gasteiger partial charge in [0.1, 0.15) is 25.4 Å². The van der Waals surface area contributed by atoms with Crippen LogP contribution in [-0.4, -0.2) is 17.9 Å². The highest BCUT2D eigenvalue weighted by Crippen LogP contribution is 2.14. The molecule has 1 aromatic carbocycles. The van der Waals surface area contributed by atoms with E-state index in [9.17, 15) is 5.11 Å². The summed E-state index contributed by atoms with van der Waals surface area (Å²) in [5, 5.41) is 19.0. The van der Waals surface area contributed by atoms with E-state index in [1.165, 1.54) is 0 Å². The minimum atomic E-state index is 0.254. The molecule has 14 heavy (non-hydrogen) atoms. The van der Waals surface area contributed by atoms with Crippen LogP contribution in [0.5, 0.6) is 5.75 Å². The Kier molecular flexibility index (Phi) is 1.86. The zero-order valence-corrected chi connectivity index (χ0v) is 7.65. The van der Waals surface area contributed by atoms with Crippen LogP contribution in [0.3, 0.4) is 0 Å². The van der Waals surface area contributed by atoms with Crippen LogP contribution in [-0.2, 0) is 0 Å². The van der Waals surface area contributed by atoms with Crippen molar-refractivity contribution in [1.82, 2.24) is 4.98 Å². The number of aromatic hydroxyl groups is 1. The molecule has 1 N–H and O–H groups in total. The molecule has 0 fully saturated rings. The molecule has 0 aliphatic carbocycles. The fourth-order valence-electron chi connectivity index (χ4n) is 1.40. The van der Waals surface area contributed by atoms with Crippen molar-refractivity contribution in [1.29, 1.82) is 5.26 Å². The molecule has 0 amide bonds. The topological polar surface area (TPSA) is 56.9 Å². The van der Waals surface area contributed by atoms with Gasteiger partial charge in [-0.15, -0.1) is 0 Å². The zero-order chi connectivity index (χ0) is 10.1. The lowest BCUT2D eigenvalue weighted by molar-refractivity contribution is 0.480. The molecule has 4 heteroatoms. The molecule has 0 atom stereocenters. The predicted octanol–water partition coefficient (Wildman–Crippen LogP) is 0.0705. The fourth-order valence-corrected chi connectivity index (χ4v) is 1.40. The van der Waals surface area contributed by atoms with Gasteiger partial charge < -0.3 is 5.11 Å². The average molecular weight is 182 g/mol. The summed E-state index contributed by atoms with van der Waals surface area (Å²) in [6, 6.07) is 8.72. The quantitative estimate of drug-likeness (QED) is 0.586. The second-order valence-corrected chi connectivity index (χ2v) is 3.08. The Morgan fingerprint density at radius 3 is 2.79 bits per heavy atom. The van der Waals surface area contributed by atoms with Gasteiger partial charge in [-0.3, -0.25) is 0 Å². The molecule has 0 spiro atoms. The molecule has 2 aromatic rings. The number of fused-ring (bicyclic) bond motifs is 1. The fraction of sp³-hybridized carbons (Fsp3) is 0. The van der Waals surface area contributed by atoms with E-state index in [0.29, 0.717) is 5.69 Å². The molecule has 3 nitrogen and oxygen atoms in total. The zero-order valence-electron chi connectivity index (χ0n) is 7.65. The van der Waals surface area contributed by atoms with E-state index in [2.05, 4.69) is 4.98 Å². The molecule has 0 saturated carbocycles. The number of benzene rings is 1. The number of aromatic nitrogens is 1. The maximum atomic E-state index is 9.45. The largest absolute Gasteiger partial charge is 0.509 e. The lowest BCUT2D eigenvalue weighted by Gasteiger charge is -2.03. The number of pyridine rings is 1. The van der Waals surface area contributed by atoms with Crippen molar-refractivity contribution in [2.45, 2.75) is 0 Å². The number of phenols is 1. The van der Waals surface area contributed by atoms with Crippen molar-refractivity contribution in [3.05, 3.63) is 30.0 Å². The Bertz CT molecular complexity index is 546. The highest BCUT2D eigenvalue weighted by molar-refractivity contribution is 6.40. The van der Waals surface area contributed by atoms with Crippen LogP contribution >= 0.6 is 0 Å². The Hall–Kier alpha value is -2.02. The Balaban J connectivity index is 2.83. The normalized spacial score (nSPS) is 9.93. The van der Waals surface area contributed by atoms with E-state index >= 15 is 0 Å². The van der Waals surface area contributed by atoms with Crippen molar-refractivity contribution in [3.63, 3.8) is 0 Å². The molecule has 0 radical (unpaired) electrons. The maximum Gasteiger partial charge on any atom is 0.145 e. The summed E-state index contributed by atoms with van der Waals surface area (Å²) < 4.78 is 0. The maximum absolute atomic E-state index is 9.45. The number of hydrogen-bond acceptors (Lipinski definition) is 3. The van der Waals surface area contributed by atoms with Crippen molar-refractivity contribution in [2.24, 2.45) is 0 Å². The molecule has 0 aliphatic heterocycles. The van der Waals surface area contributed by atoms with Gasteiger partial charge in [0, 0.05) is 0 Å². The Morgan fingerprint density at radius 2 is 2.07 bits per heavy atom. The standard InChI is InChI=1S/C10H7BN2O/c11-10-7-2-1-6(5-12)13-8(7)3-4-9(10)14/h1-4,14H,11H2. The molecular formula is C10H7BN2O. The van der Waals surface area contributed by atoms with Gasteiger partial charge in [-0.05, 0) is 29.0 Å². The minimum Gasteiger partial charge on any atom is -0.509 e. The molecule has 0 bridgehead atoms. The van der Waals surface area contributed by atoms with E-state index in [1.54, 1.807) is 24.3 Å². The highest BCUT2D eigenvalue weighted by Gasteiger charge is 2.03. The molecular weight excluding hydrogens is 175 g/mol. The number of nitriles is 1. The number of rotatable bonds is 0. The number of hydrogen-bond donors (Lipinski definition) is 1. The molecule has 0 aliphatic rings. The van der Waals surface area contributed by atoms with Gasteiger partial charge in [0.15, 0.2) is 0 Å². The van der Waals surface area contributed by atoms with Crippen LogP contribution in [0, 0.1) is 11.3 Å². The van der Waals surface area contributed by atoms with Crippen molar-refractivity contribution >= 4 is 24.2 Å². The second-order valence-electron chi connectivity index (χ2n) is 3.08. The Morgan fingerprint density at radius 1 is 1.29 bits per heavy atom. The van der Waals surface area contributed by atoms with E-state index in [0.717, 1.165) is 16.4 Å². The summed E-state index contributed by atoms with van der Waals surface area (Å²) in [7, 11) is 1.82. The van der Waals surface area contributed by atoms with Gasteiger partial charge in [-0.25, -0.2) is 4.98 Å². The predicted molar refractivity (Wildman–Crippen MR) is 56.3 cm³/mol. The first-order chi connectivity index (χ1) is 6.72.